The number of nitrogens with two attached hydrogens (primary N) is 1. The SMILES string of the molecule is CC(NC(=O)Nc1cc(C(N)=O)ccc1N1CCN(C(c2ccc(F)cc2)c2ccc(F)cc2)CC1)c1ccccc1. The predicted octanol–water partition coefficient (Wildman–Crippen LogP) is 5.86. The lowest BCUT2D eigenvalue weighted by atomic mass is 9.96. The first-order chi connectivity index (χ1) is 20.3. The first kappa shape index (κ1) is 28.8. The normalized spacial score (nSPS) is 14.4. The van der Waals surface area contributed by atoms with Gasteiger partial charge in [-0.25, -0.2) is 13.6 Å². The van der Waals surface area contributed by atoms with Crippen molar-refractivity contribution < 1.29 is 18.4 Å². The van der Waals surface area contributed by atoms with Gasteiger partial charge in [-0.15, -0.1) is 0 Å². The van der Waals surface area contributed by atoms with E-state index >= 15 is 0 Å². The van der Waals surface area contributed by atoms with Crippen molar-refractivity contribution in [3.05, 3.63) is 131 Å². The number of amides is 3. The summed E-state index contributed by atoms with van der Waals surface area (Å²) in [6, 6.07) is 26.6. The summed E-state index contributed by atoms with van der Waals surface area (Å²) >= 11 is 0. The van der Waals surface area contributed by atoms with Crippen LogP contribution in [0.2, 0.25) is 0 Å². The first-order valence-electron chi connectivity index (χ1n) is 13.8. The number of rotatable bonds is 8. The van der Waals surface area contributed by atoms with Crippen LogP contribution in [0.3, 0.4) is 0 Å². The minimum Gasteiger partial charge on any atom is -0.367 e. The molecule has 4 aromatic carbocycles. The van der Waals surface area contributed by atoms with Gasteiger partial charge in [0.15, 0.2) is 0 Å². The maximum atomic E-state index is 13.7. The molecule has 4 aromatic rings. The topological polar surface area (TPSA) is 90.7 Å². The molecule has 0 spiro atoms. The Kier molecular flexibility index (Phi) is 8.78. The molecule has 5 rings (SSSR count). The monoisotopic (exact) mass is 569 g/mol. The molecule has 4 N–H and O–H groups in total. The standard InChI is InChI=1S/C33H33F2N5O2/c1-22(23-5-3-2-4-6-23)37-33(42)38-29-21-26(32(36)41)11-16-30(29)39-17-19-40(20-18-39)31(24-7-12-27(34)13-8-24)25-9-14-28(35)15-10-25/h2-16,21-22,31H,17-20H2,1H3,(H2,36,41)(H2,37,38,42). The number of carbonyl (C=O) groups is 2. The van der Waals surface area contributed by atoms with Crippen LogP contribution in [0, 0.1) is 11.6 Å². The Bertz CT molecular complexity index is 1480. The summed E-state index contributed by atoms with van der Waals surface area (Å²) in [5, 5.41) is 5.86. The van der Waals surface area contributed by atoms with Crippen molar-refractivity contribution in [2.75, 3.05) is 36.4 Å². The van der Waals surface area contributed by atoms with Crippen LogP contribution in [0.5, 0.6) is 0 Å². The summed E-state index contributed by atoms with van der Waals surface area (Å²) < 4.78 is 27.4. The Morgan fingerprint density at radius 3 is 1.88 bits per heavy atom. The van der Waals surface area contributed by atoms with Crippen LogP contribution in [0.15, 0.2) is 97.1 Å². The van der Waals surface area contributed by atoms with Gasteiger partial charge in [0.25, 0.3) is 0 Å². The van der Waals surface area contributed by atoms with Crippen LogP contribution in [0.25, 0.3) is 0 Å². The molecule has 1 atom stereocenters. The molecular weight excluding hydrogens is 536 g/mol. The van der Waals surface area contributed by atoms with Crippen molar-refractivity contribution in [2.45, 2.75) is 19.0 Å². The zero-order chi connectivity index (χ0) is 29.6. The van der Waals surface area contributed by atoms with Gasteiger partial charge in [-0.05, 0) is 66.1 Å². The largest absolute Gasteiger partial charge is 0.367 e. The molecule has 1 aliphatic rings. The van der Waals surface area contributed by atoms with Gasteiger partial charge >= 0.3 is 6.03 Å². The Morgan fingerprint density at radius 1 is 0.762 bits per heavy atom. The highest BCUT2D eigenvalue weighted by atomic mass is 19.1. The molecule has 9 heteroatoms. The van der Waals surface area contributed by atoms with Crippen LogP contribution < -0.4 is 21.3 Å². The Balaban J connectivity index is 1.34. The summed E-state index contributed by atoms with van der Waals surface area (Å²) in [5.41, 5.74) is 9.86. The number of piperazine rings is 1. The second-order valence-corrected chi connectivity index (χ2v) is 10.4. The lowest BCUT2D eigenvalue weighted by Crippen LogP contribution is -2.48. The van der Waals surface area contributed by atoms with Gasteiger partial charge in [-0.1, -0.05) is 54.6 Å². The minimum absolute atomic E-state index is 0.187. The third-order valence-electron chi connectivity index (χ3n) is 7.57. The molecule has 1 fully saturated rings. The van der Waals surface area contributed by atoms with Gasteiger partial charge in [0.05, 0.1) is 23.5 Å². The number of hydrogen-bond donors (Lipinski definition) is 3. The van der Waals surface area contributed by atoms with Crippen molar-refractivity contribution >= 4 is 23.3 Å². The smallest absolute Gasteiger partial charge is 0.319 e. The van der Waals surface area contributed by atoms with Crippen LogP contribution in [0.1, 0.15) is 46.1 Å². The molecule has 0 aromatic heterocycles. The van der Waals surface area contributed by atoms with E-state index in [1.54, 1.807) is 42.5 Å². The highest BCUT2D eigenvalue weighted by Gasteiger charge is 2.28. The second-order valence-electron chi connectivity index (χ2n) is 10.4. The van der Waals surface area contributed by atoms with E-state index in [1.165, 1.54) is 24.3 Å². The van der Waals surface area contributed by atoms with E-state index in [4.69, 9.17) is 5.73 Å². The fourth-order valence-electron chi connectivity index (χ4n) is 5.37. The highest BCUT2D eigenvalue weighted by Crippen LogP contribution is 2.33. The summed E-state index contributed by atoms with van der Waals surface area (Å²) in [7, 11) is 0. The van der Waals surface area contributed by atoms with Crippen molar-refractivity contribution in [2.24, 2.45) is 5.73 Å². The first-order valence-corrected chi connectivity index (χ1v) is 13.8. The van der Waals surface area contributed by atoms with Crippen molar-refractivity contribution in [3.8, 4) is 0 Å². The molecule has 3 amide bonds. The van der Waals surface area contributed by atoms with E-state index in [-0.39, 0.29) is 29.3 Å². The summed E-state index contributed by atoms with van der Waals surface area (Å²) in [6.07, 6.45) is 0. The van der Waals surface area contributed by atoms with Gasteiger partial charge in [-0.3, -0.25) is 9.69 Å². The Hall–Kier alpha value is -4.76. The number of primary amides is 1. The summed E-state index contributed by atoms with van der Waals surface area (Å²) in [6.45, 7) is 4.42. The molecule has 7 nitrogen and oxygen atoms in total. The second kappa shape index (κ2) is 12.8. The Morgan fingerprint density at radius 2 is 1.33 bits per heavy atom. The number of hydrogen-bond acceptors (Lipinski definition) is 4. The molecule has 0 radical (unpaired) electrons. The molecule has 1 unspecified atom stereocenters. The molecule has 1 saturated heterocycles. The lowest BCUT2D eigenvalue weighted by Gasteiger charge is -2.41. The van der Waals surface area contributed by atoms with Crippen LogP contribution in [-0.2, 0) is 0 Å². The fraction of sp³-hybridized carbons (Fsp3) is 0.212. The van der Waals surface area contributed by atoms with Crippen LogP contribution >= 0.6 is 0 Å². The van der Waals surface area contributed by atoms with Crippen molar-refractivity contribution in [3.63, 3.8) is 0 Å². The van der Waals surface area contributed by atoms with Gasteiger partial charge < -0.3 is 21.3 Å². The molecule has 42 heavy (non-hydrogen) atoms. The van der Waals surface area contributed by atoms with E-state index in [0.717, 1.165) is 22.4 Å². The quantitative estimate of drug-likeness (QED) is 0.248. The molecule has 0 saturated carbocycles. The number of nitrogens with one attached hydrogen (secondary N) is 2. The predicted molar refractivity (Wildman–Crippen MR) is 160 cm³/mol. The number of carbonyl (C=O) groups excluding carboxylic acids is 2. The van der Waals surface area contributed by atoms with E-state index in [2.05, 4.69) is 20.4 Å². The van der Waals surface area contributed by atoms with Gasteiger partial charge in [0.2, 0.25) is 5.91 Å². The third-order valence-corrected chi connectivity index (χ3v) is 7.57. The summed E-state index contributed by atoms with van der Waals surface area (Å²) in [5.74, 6) is -1.22. The van der Waals surface area contributed by atoms with Crippen molar-refractivity contribution in [1.29, 1.82) is 0 Å². The average molecular weight is 570 g/mol. The van der Waals surface area contributed by atoms with Crippen molar-refractivity contribution in [1.82, 2.24) is 10.2 Å². The van der Waals surface area contributed by atoms with Gasteiger partial charge in [-0.2, -0.15) is 0 Å². The molecule has 0 bridgehead atoms. The number of urea groups is 1. The molecule has 1 heterocycles. The van der Waals surface area contributed by atoms with Crippen LogP contribution in [-0.4, -0.2) is 43.0 Å². The zero-order valence-electron chi connectivity index (χ0n) is 23.3. The molecule has 0 aliphatic carbocycles. The number of nitrogens with zero attached hydrogens (tertiary/aromatic N) is 2. The van der Waals surface area contributed by atoms with E-state index in [0.29, 0.717) is 31.9 Å². The van der Waals surface area contributed by atoms with E-state index < -0.39 is 11.9 Å². The highest BCUT2D eigenvalue weighted by molar-refractivity contribution is 5.99. The average Bonchev–Trinajstić information content (AvgIpc) is 3.00. The lowest BCUT2D eigenvalue weighted by molar-refractivity contribution is 0.1000. The van der Waals surface area contributed by atoms with E-state index in [1.807, 2.05) is 37.3 Å². The Labute approximate surface area is 243 Å². The van der Waals surface area contributed by atoms with Gasteiger partial charge in [0, 0.05) is 31.7 Å². The molecule has 216 valence electrons. The zero-order valence-corrected chi connectivity index (χ0v) is 23.3. The number of benzene rings is 4. The number of anilines is 2. The third kappa shape index (κ3) is 6.75. The van der Waals surface area contributed by atoms with Gasteiger partial charge in [0.1, 0.15) is 11.6 Å². The maximum Gasteiger partial charge on any atom is 0.319 e. The van der Waals surface area contributed by atoms with E-state index in [9.17, 15) is 18.4 Å². The molecular formula is C33H33F2N5O2. The van der Waals surface area contributed by atoms with Crippen LogP contribution in [0.4, 0.5) is 25.0 Å². The molecule has 1 aliphatic heterocycles. The maximum absolute atomic E-state index is 13.7. The number of halogens is 2. The fourth-order valence-corrected chi connectivity index (χ4v) is 5.37. The summed E-state index contributed by atoms with van der Waals surface area (Å²) in [4.78, 5) is 29.4. The minimum atomic E-state index is -0.589.